The van der Waals surface area contributed by atoms with Crippen LogP contribution >= 0.6 is 7.60 Å². The minimum atomic E-state index is -3.70. The number of nitrogens with zero attached hydrogens (tertiary/aromatic N) is 1. The van der Waals surface area contributed by atoms with Crippen molar-refractivity contribution in [3.05, 3.63) is 35.9 Å². The molecule has 1 aliphatic heterocycles. The molecule has 2 rings (SSSR count). The Morgan fingerprint density at radius 3 is 2.19 bits per heavy atom. The number of ether oxygens (including phenoxy) is 2. The highest BCUT2D eigenvalue weighted by molar-refractivity contribution is 7.54. The van der Waals surface area contributed by atoms with Crippen LogP contribution in [0.4, 0.5) is 4.79 Å². The second-order valence-corrected chi connectivity index (χ2v) is 9.65. The first-order chi connectivity index (χ1) is 15.0. The molecule has 1 amide bonds. The molecule has 1 aromatic rings. The van der Waals surface area contributed by atoms with Gasteiger partial charge in [-0.15, -0.1) is 0 Å². The summed E-state index contributed by atoms with van der Waals surface area (Å²) in [7, 11) is -2.44. The average Bonchev–Trinajstić information content (AvgIpc) is 3.24. The van der Waals surface area contributed by atoms with Crippen molar-refractivity contribution in [2.75, 3.05) is 20.3 Å². The standard InChI is InChI=1S/C22H34NO7P/c1-4-6-15-29-31(26,30-16-7-5-2)20-14-13-19(21(24)27-3)23(20)22(25)28-17-18-11-9-8-10-12-18/h8-12,19-20H,4-7,13-17H2,1-3H3/t19-,20?/m0/s1. The van der Waals surface area contributed by atoms with E-state index in [2.05, 4.69) is 0 Å². The number of unbranched alkanes of at least 4 members (excludes halogenated alkanes) is 2. The number of amides is 1. The lowest BCUT2D eigenvalue weighted by atomic mass is 10.2. The van der Waals surface area contributed by atoms with Gasteiger partial charge in [-0.25, -0.2) is 9.59 Å². The van der Waals surface area contributed by atoms with Crippen molar-refractivity contribution in [1.29, 1.82) is 0 Å². The maximum Gasteiger partial charge on any atom is 0.411 e. The van der Waals surface area contributed by atoms with Gasteiger partial charge in [-0.3, -0.25) is 9.46 Å². The lowest BCUT2D eigenvalue weighted by Crippen LogP contribution is -2.46. The Morgan fingerprint density at radius 2 is 1.65 bits per heavy atom. The molecule has 2 atom stereocenters. The van der Waals surface area contributed by atoms with Gasteiger partial charge in [-0.05, 0) is 31.2 Å². The molecule has 1 saturated heterocycles. The maximum atomic E-state index is 13.8. The van der Waals surface area contributed by atoms with E-state index in [1.165, 1.54) is 12.0 Å². The van der Waals surface area contributed by atoms with Crippen LogP contribution in [-0.2, 0) is 34.5 Å². The van der Waals surface area contributed by atoms with E-state index in [1.54, 1.807) is 0 Å². The van der Waals surface area contributed by atoms with Crippen LogP contribution in [0.3, 0.4) is 0 Å². The maximum absolute atomic E-state index is 13.8. The van der Waals surface area contributed by atoms with E-state index in [1.807, 2.05) is 44.2 Å². The normalized spacial score (nSPS) is 18.7. The quantitative estimate of drug-likeness (QED) is 0.246. The summed E-state index contributed by atoms with van der Waals surface area (Å²) in [5, 5.41) is 0. The molecule has 1 heterocycles. The van der Waals surface area contributed by atoms with Crippen LogP contribution in [0, 0.1) is 0 Å². The molecule has 0 radical (unpaired) electrons. The number of likely N-dealkylation sites (tertiary alicyclic amines) is 1. The Bertz CT molecular complexity index is 729. The first kappa shape index (κ1) is 25.4. The van der Waals surface area contributed by atoms with E-state index >= 15 is 0 Å². The summed E-state index contributed by atoms with van der Waals surface area (Å²) < 4.78 is 35.6. The molecule has 0 saturated carbocycles. The van der Waals surface area contributed by atoms with E-state index in [-0.39, 0.29) is 19.8 Å². The molecule has 1 aliphatic rings. The fraction of sp³-hybridized carbons (Fsp3) is 0.636. The zero-order chi connectivity index (χ0) is 22.7. The molecule has 0 aliphatic carbocycles. The molecule has 1 aromatic carbocycles. The van der Waals surface area contributed by atoms with Gasteiger partial charge in [0.25, 0.3) is 0 Å². The monoisotopic (exact) mass is 455 g/mol. The van der Waals surface area contributed by atoms with Gasteiger partial charge in [0.2, 0.25) is 0 Å². The molecule has 8 nitrogen and oxygen atoms in total. The first-order valence-corrected chi connectivity index (χ1v) is 12.5. The third kappa shape index (κ3) is 7.06. The Hall–Kier alpha value is -1.89. The average molecular weight is 455 g/mol. The van der Waals surface area contributed by atoms with Crippen molar-refractivity contribution >= 4 is 19.7 Å². The number of hydrogen-bond acceptors (Lipinski definition) is 7. The van der Waals surface area contributed by atoms with E-state index in [4.69, 9.17) is 18.5 Å². The SMILES string of the molecule is CCCCOP(=O)(OCCCC)C1CC[C@@H](C(=O)OC)N1C(=O)OCc1ccccc1. The summed E-state index contributed by atoms with van der Waals surface area (Å²) in [5.74, 6) is -1.47. The molecule has 1 fully saturated rings. The van der Waals surface area contributed by atoms with Gasteiger partial charge in [0.15, 0.2) is 0 Å². The number of esters is 1. The molecule has 9 heteroatoms. The van der Waals surface area contributed by atoms with Crippen molar-refractivity contribution in [3.8, 4) is 0 Å². The molecular weight excluding hydrogens is 421 g/mol. The molecule has 1 unspecified atom stereocenters. The Kier molecular flexibility index (Phi) is 10.5. The predicted molar refractivity (Wildman–Crippen MR) is 117 cm³/mol. The molecule has 0 spiro atoms. The van der Waals surface area contributed by atoms with Crippen molar-refractivity contribution < 1.29 is 32.7 Å². The second kappa shape index (κ2) is 12.8. The minimum Gasteiger partial charge on any atom is -0.467 e. The fourth-order valence-electron chi connectivity index (χ4n) is 3.40. The molecule has 31 heavy (non-hydrogen) atoms. The predicted octanol–water partition coefficient (Wildman–Crippen LogP) is 5.11. The smallest absolute Gasteiger partial charge is 0.411 e. The zero-order valence-electron chi connectivity index (χ0n) is 18.7. The van der Waals surface area contributed by atoms with Crippen molar-refractivity contribution in [2.24, 2.45) is 0 Å². The lowest BCUT2D eigenvalue weighted by Gasteiger charge is -2.32. The molecule has 174 valence electrons. The Labute approximate surface area is 184 Å². The van der Waals surface area contributed by atoms with Crippen LogP contribution in [0.5, 0.6) is 0 Å². The van der Waals surface area contributed by atoms with Crippen LogP contribution in [0.1, 0.15) is 57.9 Å². The van der Waals surface area contributed by atoms with Gasteiger partial charge in [0, 0.05) is 0 Å². The van der Waals surface area contributed by atoms with E-state index in [9.17, 15) is 14.2 Å². The largest absolute Gasteiger partial charge is 0.467 e. The number of carbonyl (C=O) groups excluding carboxylic acids is 2. The highest BCUT2D eigenvalue weighted by Gasteiger charge is 2.52. The summed E-state index contributed by atoms with van der Waals surface area (Å²) in [6.45, 7) is 4.55. The minimum absolute atomic E-state index is 0.0362. The van der Waals surface area contributed by atoms with Crippen molar-refractivity contribution in [2.45, 2.75) is 70.8 Å². The first-order valence-electron chi connectivity index (χ1n) is 10.9. The van der Waals surface area contributed by atoms with Crippen LogP contribution in [-0.4, -0.2) is 49.1 Å². The lowest BCUT2D eigenvalue weighted by molar-refractivity contribution is -0.145. The van der Waals surface area contributed by atoms with E-state index < -0.39 is 31.5 Å². The van der Waals surface area contributed by atoms with Gasteiger partial charge >= 0.3 is 19.7 Å². The van der Waals surface area contributed by atoms with Crippen LogP contribution < -0.4 is 0 Å². The summed E-state index contributed by atoms with van der Waals surface area (Å²) in [4.78, 5) is 26.6. The number of methoxy groups -OCH3 is 1. The van der Waals surface area contributed by atoms with Gasteiger partial charge in [0.1, 0.15) is 18.4 Å². The zero-order valence-corrected chi connectivity index (χ0v) is 19.6. The third-order valence-corrected chi connectivity index (χ3v) is 7.47. The summed E-state index contributed by atoms with van der Waals surface area (Å²) in [6, 6.07) is 8.33. The van der Waals surface area contributed by atoms with E-state index in [0.717, 1.165) is 18.4 Å². The summed E-state index contributed by atoms with van der Waals surface area (Å²) in [6.07, 6.45) is 3.03. The van der Waals surface area contributed by atoms with Crippen LogP contribution in [0.2, 0.25) is 0 Å². The van der Waals surface area contributed by atoms with Gasteiger partial charge < -0.3 is 18.5 Å². The summed E-state index contributed by atoms with van der Waals surface area (Å²) in [5.41, 5.74) is 0.808. The van der Waals surface area contributed by atoms with Gasteiger partial charge in [-0.2, -0.15) is 0 Å². The Balaban J connectivity index is 2.23. The molecule has 0 aromatic heterocycles. The topological polar surface area (TPSA) is 91.4 Å². The molecule has 0 N–H and O–H groups in total. The van der Waals surface area contributed by atoms with Crippen molar-refractivity contribution in [3.63, 3.8) is 0 Å². The molecule has 0 bridgehead atoms. The Morgan fingerprint density at radius 1 is 1.03 bits per heavy atom. The van der Waals surface area contributed by atoms with E-state index in [0.29, 0.717) is 25.7 Å². The van der Waals surface area contributed by atoms with Crippen LogP contribution in [0.15, 0.2) is 30.3 Å². The van der Waals surface area contributed by atoms with Crippen LogP contribution in [0.25, 0.3) is 0 Å². The number of hydrogen-bond donors (Lipinski definition) is 0. The van der Waals surface area contributed by atoms with Crippen molar-refractivity contribution in [1.82, 2.24) is 4.90 Å². The molecular formula is C22H34NO7P. The fourth-order valence-corrected chi connectivity index (χ4v) is 5.61. The summed E-state index contributed by atoms with van der Waals surface area (Å²) >= 11 is 0. The van der Waals surface area contributed by atoms with Gasteiger partial charge in [0.05, 0.1) is 20.3 Å². The number of carbonyl (C=O) groups is 2. The second-order valence-electron chi connectivity index (χ2n) is 7.46. The third-order valence-electron chi connectivity index (χ3n) is 5.15. The number of rotatable bonds is 12. The highest BCUT2D eigenvalue weighted by atomic mass is 31.2. The van der Waals surface area contributed by atoms with Gasteiger partial charge in [-0.1, -0.05) is 57.0 Å². The number of benzene rings is 1. The highest BCUT2D eigenvalue weighted by Crippen LogP contribution is 2.58.